The first-order valence-electron chi connectivity index (χ1n) is 8.67. The van der Waals surface area contributed by atoms with Gasteiger partial charge in [0.1, 0.15) is 5.54 Å². The minimum Gasteiger partial charge on any atom is -0.480 e. The van der Waals surface area contributed by atoms with E-state index in [0.29, 0.717) is 12.5 Å². The van der Waals surface area contributed by atoms with Gasteiger partial charge in [-0.25, -0.2) is 0 Å². The van der Waals surface area contributed by atoms with E-state index in [2.05, 4.69) is 31.0 Å². The maximum absolute atomic E-state index is 11.7. The maximum Gasteiger partial charge on any atom is 0.323 e. The molecule has 2 N–H and O–H groups in total. The largest absolute Gasteiger partial charge is 0.480 e. The minimum atomic E-state index is -0.734. The molecule has 3 atom stereocenters. The Bertz CT molecular complexity index is 322. The normalized spacial score (nSPS) is 26.5. The second kappa shape index (κ2) is 8.74. The van der Waals surface area contributed by atoms with Gasteiger partial charge in [0.25, 0.3) is 0 Å². The summed E-state index contributed by atoms with van der Waals surface area (Å²) in [4.78, 5) is 14.2. The number of rotatable bonds is 9. The molecule has 21 heavy (non-hydrogen) atoms. The lowest BCUT2D eigenvalue weighted by Gasteiger charge is -2.37. The van der Waals surface area contributed by atoms with E-state index in [1.54, 1.807) is 0 Å². The van der Waals surface area contributed by atoms with Gasteiger partial charge in [0.05, 0.1) is 0 Å². The van der Waals surface area contributed by atoms with E-state index >= 15 is 0 Å². The van der Waals surface area contributed by atoms with Gasteiger partial charge >= 0.3 is 5.97 Å². The summed E-state index contributed by atoms with van der Waals surface area (Å²) < 4.78 is 0. The summed E-state index contributed by atoms with van der Waals surface area (Å²) in [5.41, 5.74) is -0.734. The molecule has 0 aromatic carbocycles. The molecule has 0 spiro atoms. The molecule has 1 rings (SSSR count). The first-order chi connectivity index (χ1) is 9.95. The molecule has 0 aliphatic carbocycles. The van der Waals surface area contributed by atoms with Crippen molar-refractivity contribution in [3.8, 4) is 0 Å². The monoisotopic (exact) mass is 298 g/mol. The maximum atomic E-state index is 11.7. The van der Waals surface area contributed by atoms with Gasteiger partial charge in [-0.2, -0.15) is 0 Å². The molecule has 0 bridgehead atoms. The molecular formula is C17H34N2O2. The van der Waals surface area contributed by atoms with Gasteiger partial charge in [-0.1, -0.05) is 20.8 Å². The first kappa shape index (κ1) is 18.4. The summed E-state index contributed by atoms with van der Waals surface area (Å²) in [6.07, 6.45) is 5.83. The Hall–Kier alpha value is -0.610. The van der Waals surface area contributed by atoms with Crippen molar-refractivity contribution in [2.24, 2.45) is 5.92 Å². The average Bonchev–Trinajstić information content (AvgIpc) is 2.44. The van der Waals surface area contributed by atoms with Gasteiger partial charge in [-0.3, -0.25) is 4.79 Å². The fraction of sp³-hybridized carbons (Fsp3) is 0.941. The number of carbonyl (C=O) groups is 1. The Morgan fingerprint density at radius 1 is 1.38 bits per heavy atom. The number of carboxylic acid groups (broad SMARTS) is 1. The fourth-order valence-electron chi connectivity index (χ4n) is 3.46. The van der Waals surface area contributed by atoms with Crippen LogP contribution in [-0.4, -0.2) is 47.2 Å². The summed E-state index contributed by atoms with van der Waals surface area (Å²) in [6, 6.07) is 0.637. The van der Waals surface area contributed by atoms with Gasteiger partial charge in [0.15, 0.2) is 0 Å². The molecule has 1 aliphatic heterocycles. The second-order valence-corrected chi connectivity index (χ2v) is 6.79. The molecule has 1 fully saturated rings. The quantitative estimate of drug-likeness (QED) is 0.687. The fourth-order valence-corrected chi connectivity index (χ4v) is 3.46. The van der Waals surface area contributed by atoms with Crippen LogP contribution in [-0.2, 0) is 4.79 Å². The van der Waals surface area contributed by atoms with Crippen LogP contribution in [0.4, 0.5) is 0 Å². The number of nitrogens with zero attached hydrogens (tertiary/aromatic N) is 1. The van der Waals surface area contributed by atoms with Gasteiger partial charge in [0.2, 0.25) is 0 Å². The zero-order valence-electron chi connectivity index (χ0n) is 14.3. The molecule has 0 amide bonds. The zero-order chi connectivity index (χ0) is 15.9. The molecule has 1 saturated heterocycles. The van der Waals surface area contributed by atoms with Crippen LogP contribution in [0.15, 0.2) is 0 Å². The van der Waals surface area contributed by atoms with Gasteiger partial charge in [0, 0.05) is 6.04 Å². The Balaban J connectivity index is 2.47. The van der Waals surface area contributed by atoms with E-state index in [1.807, 2.05) is 6.92 Å². The Morgan fingerprint density at radius 3 is 2.62 bits per heavy atom. The summed E-state index contributed by atoms with van der Waals surface area (Å²) in [5.74, 6) is 0.134. The van der Waals surface area contributed by atoms with Crippen LogP contribution in [0.3, 0.4) is 0 Å². The van der Waals surface area contributed by atoms with Crippen molar-refractivity contribution in [3.05, 3.63) is 0 Å². The summed E-state index contributed by atoms with van der Waals surface area (Å²) in [5, 5.41) is 12.9. The van der Waals surface area contributed by atoms with Crippen LogP contribution in [0.5, 0.6) is 0 Å². The van der Waals surface area contributed by atoms with Crippen LogP contribution < -0.4 is 5.32 Å². The third-order valence-corrected chi connectivity index (χ3v) is 5.05. The molecule has 124 valence electrons. The highest BCUT2D eigenvalue weighted by Gasteiger charge is 2.35. The average molecular weight is 298 g/mol. The SMILES string of the molecule is CCCNC(CC)(CCCN1CCC(C)CC1C)C(=O)O. The summed E-state index contributed by atoms with van der Waals surface area (Å²) >= 11 is 0. The van der Waals surface area contributed by atoms with Crippen molar-refractivity contribution < 1.29 is 9.90 Å². The number of piperidine rings is 1. The van der Waals surface area contributed by atoms with E-state index in [9.17, 15) is 9.90 Å². The van der Waals surface area contributed by atoms with Crippen molar-refractivity contribution >= 4 is 5.97 Å². The van der Waals surface area contributed by atoms with Crippen LogP contribution in [0, 0.1) is 5.92 Å². The van der Waals surface area contributed by atoms with Gasteiger partial charge < -0.3 is 15.3 Å². The Labute approximate surface area is 130 Å². The summed E-state index contributed by atoms with van der Waals surface area (Å²) in [6.45, 7) is 11.6. The van der Waals surface area contributed by atoms with Crippen molar-refractivity contribution in [3.63, 3.8) is 0 Å². The Kier molecular flexibility index (Phi) is 7.67. The predicted molar refractivity (Wildman–Crippen MR) is 87.6 cm³/mol. The van der Waals surface area contributed by atoms with Crippen LogP contribution in [0.2, 0.25) is 0 Å². The van der Waals surface area contributed by atoms with E-state index in [1.165, 1.54) is 12.8 Å². The van der Waals surface area contributed by atoms with Crippen LogP contribution >= 0.6 is 0 Å². The molecule has 0 aromatic rings. The summed E-state index contributed by atoms with van der Waals surface area (Å²) in [7, 11) is 0. The molecule has 3 unspecified atom stereocenters. The number of likely N-dealkylation sites (tertiary alicyclic amines) is 1. The number of aliphatic carboxylic acids is 1. The third-order valence-electron chi connectivity index (χ3n) is 5.05. The number of nitrogens with one attached hydrogen (secondary N) is 1. The van der Waals surface area contributed by atoms with E-state index in [-0.39, 0.29) is 0 Å². The minimum absolute atomic E-state index is 0.637. The lowest BCUT2D eigenvalue weighted by molar-refractivity contribution is -0.145. The molecule has 0 aromatic heterocycles. The molecule has 1 heterocycles. The predicted octanol–water partition coefficient (Wildman–Crippen LogP) is 3.12. The highest BCUT2D eigenvalue weighted by molar-refractivity contribution is 5.78. The molecule has 4 nitrogen and oxygen atoms in total. The van der Waals surface area contributed by atoms with E-state index in [4.69, 9.17) is 0 Å². The van der Waals surface area contributed by atoms with Crippen molar-refractivity contribution in [1.29, 1.82) is 0 Å². The van der Waals surface area contributed by atoms with E-state index in [0.717, 1.165) is 44.8 Å². The third kappa shape index (κ3) is 5.26. The molecule has 4 heteroatoms. The van der Waals surface area contributed by atoms with Crippen LogP contribution in [0.25, 0.3) is 0 Å². The first-order valence-corrected chi connectivity index (χ1v) is 8.67. The molecular weight excluding hydrogens is 264 g/mol. The highest BCUT2D eigenvalue weighted by atomic mass is 16.4. The zero-order valence-corrected chi connectivity index (χ0v) is 14.3. The smallest absolute Gasteiger partial charge is 0.323 e. The van der Waals surface area contributed by atoms with Crippen molar-refractivity contribution in [2.75, 3.05) is 19.6 Å². The number of hydrogen-bond donors (Lipinski definition) is 2. The Morgan fingerprint density at radius 2 is 2.10 bits per heavy atom. The molecule has 1 aliphatic rings. The van der Waals surface area contributed by atoms with Gasteiger partial charge in [-0.05, 0) is 71.0 Å². The topological polar surface area (TPSA) is 52.6 Å². The molecule has 0 saturated carbocycles. The van der Waals surface area contributed by atoms with Crippen molar-refractivity contribution in [1.82, 2.24) is 10.2 Å². The van der Waals surface area contributed by atoms with E-state index < -0.39 is 11.5 Å². The number of carboxylic acids is 1. The number of hydrogen-bond acceptors (Lipinski definition) is 3. The lowest BCUT2D eigenvalue weighted by Crippen LogP contribution is -2.52. The standard InChI is InChI=1S/C17H34N2O2/c1-5-10-18-17(6-2,16(20)21)9-7-11-19-12-8-14(3)13-15(19)4/h14-15,18H,5-13H2,1-4H3,(H,20,21). The lowest BCUT2D eigenvalue weighted by atomic mass is 9.89. The van der Waals surface area contributed by atoms with Crippen LogP contribution in [0.1, 0.15) is 66.2 Å². The molecule has 0 radical (unpaired) electrons. The van der Waals surface area contributed by atoms with Crippen molar-refractivity contribution in [2.45, 2.75) is 77.8 Å². The highest BCUT2D eigenvalue weighted by Crippen LogP contribution is 2.24. The van der Waals surface area contributed by atoms with Gasteiger partial charge in [-0.15, -0.1) is 0 Å². The second-order valence-electron chi connectivity index (χ2n) is 6.79.